The first-order chi connectivity index (χ1) is 18.9. The molecular formula is C28H31Cl2N5O4S. The summed E-state index contributed by atoms with van der Waals surface area (Å²) in [6.07, 6.45) is 6.44. The van der Waals surface area contributed by atoms with Gasteiger partial charge in [-0.25, -0.2) is 13.4 Å². The summed E-state index contributed by atoms with van der Waals surface area (Å²) in [5, 5.41) is 19.6. The lowest BCUT2D eigenvalue weighted by Gasteiger charge is -2.32. The smallest absolute Gasteiger partial charge is 0.263 e. The van der Waals surface area contributed by atoms with Crippen molar-refractivity contribution >= 4 is 39.1 Å². The van der Waals surface area contributed by atoms with E-state index in [9.17, 15) is 18.3 Å². The monoisotopic (exact) mass is 603 g/mol. The van der Waals surface area contributed by atoms with E-state index in [1.54, 1.807) is 55.3 Å². The second kappa shape index (κ2) is 13.9. The van der Waals surface area contributed by atoms with Crippen LogP contribution in [0.15, 0.2) is 77.5 Å². The van der Waals surface area contributed by atoms with Crippen LogP contribution in [-0.4, -0.2) is 73.0 Å². The summed E-state index contributed by atoms with van der Waals surface area (Å²) >= 11 is 12.1. The van der Waals surface area contributed by atoms with Gasteiger partial charge in [0.15, 0.2) is 0 Å². The van der Waals surface area contributed by atoms with E-state index >= 15 is 0 Å². The third kappa shape index (κ3) is 8.65. The van der Waals surface area contributed by atoms with Crippen LogP contribution in [0.25, 0.3) is 0 Å². The standard InChI is InChI=1S/C28H31Cl2N5O4S/c1-19(5-4-6-20(2)33-40(38,39)24-9-8-22(15-31)32-16-24)27(18-35-12-11-23(36)17-35)34(3)28(37)14-21-7-10-25(29)26(30)13-21/h4-10,13,16,23,27,33,36H,1,11-12,14,17-18H2,2-3H3/b5-4-,20-6+/t23-,27-/m1/s1. The number of hydrogen-bond acceptors (Lipinski definition) is 7. The third-order valence-electron chi connectivity index (χ3n) is 6.42. The van der Waals surface area contributed by atoms with Crippen LogP contribution >= 0.6 is 23.2 Å². The molecule has 2 N–H and O–H groups in total. The number of aliphatic hydroxyl groups is 1. The first-order valence-corrected chi connectivity index (χ1v) is 14.7. The SMILES string of the molecule is C=C(/C=C\C=C(/C)NS(=O)(=O)c1ccc(C#N)nc1)[C@@H](CN1CC[C@@H](O)C1)N(C)C(=O)Cc1ccc(Cl)c(Cl)c1. The van der Waals surface area contributed by atoms with Crippen molar-refractivity contribution < 1.29 is 18.3 Å². The van der Waals surface area contributed by atoms with E-state index in [0.29, 0.717) is 47.4 Å². The fourth-order valence-electron chi connectivity index (χ4n) is 4.17. The van der Waals surface area contributed by atoms with Crippen LogP contribution in [0.3, 0.4) is 0 Å². The van der Waals surface area contributed by atoms with Crippen molar-refractivity contribution in [3.8, 4) is 6.07 Å². The van der Waals surface area contributed by atoms with Crippen LogP contribution < -0.4 is 4.72 Å². The molecule has 1 saturated heterocycles. The van der Waals surface area contributed by atoms with Crippen LogP contribution in [-0.2, 0) is 21.2 Å². The van der Waals surface area contributed by atoms with Crippen molar-refractivity contribution in [3.63, 3.8) is 0 Å². The maximum absolute atomic E-state index is 13.2. The zero-order valence-corrected chi connectivity index (χ0v) is 24.5. The van der Waals surface area contributed by atoms with Gasteiger partial charge < -0.3 is 10.0 Å². The highest BCUT2D eigenvalue weighted by atomic mass is 35.5. The number of pyridine rings is 1. The van der Waals surface area contributed by atoms with Gasteiger partial charge in [-0.05, 0) is 54.8 Å². The summed E-state index contributed by atoms with van der Waals surface area (Å²) in [6, 6.07) is 9.16. The first-order valence-electron chi connectivity index (χ1n) is 12.4. The number of rotatable bonds is 11. The van der Waals surface area contributed by atoms with Crippen molar-refractivity contribution in [2.75, 3.05) is 26.7 Å². The molecule has 12 heteroatoms. The Morgan fingerprint density at radius 2 is 2.10 bits per heavy atom. The van der Waals surface area contributed by atoms with E-state index in [1.807, 2.05) is 6.07 Å². The molecule has 3 rings (SSSR count). The van der Waals surface area contributed by atoms with E-state index in [4.69, 9.17) is 28.5 Å². The van der Waals surface area contributed by atoms with Crippen molar-refractivity contribution in [1.29, 1.82) is 5.26 Å². The number of nitrogens with zero attached hydrogens (tertiary/aromatic N) is 4. The van der Waals surface area contributed by atoms with E-state index in [0.717, 1.165) is 11.8 Å². The summed E-state index contributed by atoms with van der Waals surface area (Å²) in [5.41, 5.74) is 1.82. The van der Waals surface area contributed by atoms with E-state index in [-0.39, 0.29) is 22.9 Å². The van der Waals surface area contributed by atoms with Crippen LogP contribution in [0.5, 0.6) is 0 Å². The summed E-state index contributed by atoms with van der Waals surface area (Å²) < 4.78 is 27.7. The Morgan fingerprint density at radius 3 is 2.70 bits per heavy atom. The van der Waals surface area contributed by atoms with Gasteiger partial charge in [-0.1, -0.05) is 48.0 Å². The van der Waals surface area contributed by atoms with Crippen LogP contribution in [0.1, 0.15) is 24.6 Å². The number of carbonyl (C=O) groups excluding carboxylic acids is 1. The fraction of sp³-hybridized carbons (Fsp3) is 0.321. The van der Waals surface area contributed by atoms with Crippen LogP contribution in [0, 0.1) is 11.3 Å². The molecule has 1 aromatic carbocycles. The van der Waals surface area contributed by atoms with Crippen molar-refractivity contribution in [2.24, 2.45) is 0 Å². The number of allylic oxidation sites excluding steroid dienone is 3. The lowest BCUT2D eigenvalue weighted by molar-refractivity contribution is -0.130. The topological polar surface area (TPSA) is 127 Å². The maximum Gasteiger partial charge on any atom is 0.263 e. The average molecular weight is 605 g/mol. The minimum atomic E-state index is -3.88. The van der Waals surface area contributed by atoms with E-state index in [1.165, 1.54) is 12.1 Å². The quantitative estimate of drug-likeness (QED) is 0.375. The second-order valence-electron chi connectivity index (χ2n) is 9.53. The van der Waals surface area contributed by atoms with Crippen LogP contribution in [0.2, 0.25) is 10.0 Å². The number of aromatic nitrogens is 1. The predicted molar refractivity (Wildman–Crippen MR) is 155 cm³/mol. The fourth-order valence-corrected chi connectivity index (χ4v) is 5.54. The highest BCUT2D eigenvalue weighted by molar-refractivity contribution is 7.89. The van der Waals surface area contributed by atoms with E-state index < -0.39 is 22.2 Å². The summed E-state index contributed by atoms with van der Waals surface area (Å²) in [5.74, 6) is -0.145. The molecule has 1 aliphatic heterocycles. The number of nitriles is 1. The molecule has 0 aliphatic carbocycles. The van der Waals surface area contributed by atoms with Gasteiger partial charge in [0.05, 0.1) is 28.6 Å². The molecule has 2 atom stereocenters. The number of amides is 1. The normalized spacial score (nSPS) is 17.0. The Balaban J connectivity index is 1.72. The van der Waals surface area contributed by atoms with E-state index in [2.05, 4.69) is 21.2 Å². The number of sulfonamides is 1. The Morgan fingerprint density at radius 1 is 1.35 bits per heavy atom. The largest absolute Gasteiger partial charge is 0.392 e. The third-order valence-corrected chi connectivity index (χ3v) is 8.61. The number of benzene rings is 1. The van der Waals surface area contributed by atoms with Crippen molar-refractivity contribution in [1.82, 2.24) is 19.5 Å². The Hall–Kier alpha value is -3.20. The highest BCUT2D eigenvalue weighted by Crippen LogP contribution is 2.24. The van der Waals surface area contributed by atoms with Gasteiger partial charge in [0, 0.05) is 38.6 Å². The lowest BCUT2D eigenvalue weighted by atomic mass is 10.0. The molecule has 0 saturated carbocycles. The number of halogens is 2. The van der Waals surface area contributed by atoms with Gasteiger partial charge in [-0.2, -0.15) is 5.26 Å². The molecule has 212 valence electrons. The second-order valence-corrected chi connectivity index (χ2v) is 12.0. The number of carbonyl (C=O) groups is 1. The molecule has 1 fully saturated rings. The highest BCUT2D eigenvalue weighted by Gasteiger charge is 2.28. The molecule has 1 aliphatic rings. The minimum absolute atomic E-state index is 0.0670. The van der Waals surface area contributed by atoms with Crippen molar-refractivity contribution in [3.05, 3.63) is 93.9 Å². The molecule has 0 spiro atoms. The Kier molecular flexibility index (Phi) is 10.9. The predicted octanol–water partition coefficient (Wildman–Crippen LogP) is 3.69. The number of likely N-dealkylation sites (N-methyl/N-ethyl adjacent to an activating group) is 1. The first kappa shape index (κ1) is 31.3. The molecule has 0 bridgehead atoms. The number of nitrogens with one attached hydrogen (secondary N) is 1. The number of likely N-dealkylation sites (tertiary alicyclic amines) is 1. The van der Waals surface area contributed by atoms with Gasteiger partial charge in [-0.15, -0.1) is 0 Å². The van der Waals surface area contributed by atoms with Crippen LogP contribution in [0.4, 0.5) is 0 Å². The lowest BCUT2D eigenvalue weighted by Crippen LogP contribution is -2.45. The molecular weight excluding hydrogens is 573 g/mol. The average Bonchev–Trinajstić information content (AvgIpc) is 3.33. The Labute approximate surface area is 245 Å². The molecule has 2 aromatic rings. The zero-order valence-electron chi connectivity index (χ0n) is 22.2. The van der Waals surface area contributed by atoms with Gasteiger partial charge >= 0.3 is 0 Å². The zero-order chi connectivity index (χ0) is 29.4. The Bertz CT molecular complexity index is 1450. The number of aliphatic hydroxyl groups excluding tert-OH is 1. The molecule has 1 aromatic heterocycles. The molecule has 0 unspecified atom stereocenters. The summed E-state index contributed by atoms with van der Waals surface area (Å²) in [7, 11) is -2.17. The molecule has 1 amide bonds. The molecule has 9 nitrogen and oxygen atoms in total. The molecule has 2 heterocycles. The summed E-state index contributed by atoms with van der Waals surface area (Å²) in [4.78, 5) is 20.6. The molecule has 0 radical (unpaired) electrons. The minimum Gasteiger partial charge on any atom is -0.392 e. The van der Waals surface area contributed by atoms with Crippen molar-refractivity contribution in [2.45, 2.75) is 36.8 Å². The van der Waals surface area contributed by atoms with Gasteiger partial charge in [0.1, 0.15) is 16.7 Å². The van der Waals surface area contributed by atoms with Gasteiger partial charge in [-0.3, -0.25) is 14.4 Å². The number of β-amino-alcohol motifs (C(OH)–C–C–N with tert-alkyl or cyclic N) is 1. The molecule has 40 heavy (non-hydrogen) atoms. The maximum atomic E-state index is 13.2. The van der Waals surface area contributed by atoms with Gasteiger partial charge in [0.2, 0.25) is 5.91 Å². The number of hydrogen-bond donors (Lipinski definition) is 2. The van der Waals surface area contributed by atoms with Gasteiger partial charge in [0.25, 0.3) is 10.0 Å². The summed E-state index contributed by atoms with van der Waals surface area (Å²) in [6.45, 7) is 7.46.